The van der Waals surface area contributed by atoms with Gasteiger partial charge >= 0.3 is 5.97 Å². The molecule has 0 aromatic heterocycles. The molecule has 1 atom stereocenters. The van der Waals surface area contributed by atoms with Crippen molar-refractivity contribution in [1.29, 1.82) is 0 Å². The van der Waals surface area contributed by atoms with Crippen LogP contribution >= 0.6 is 0 Å². The van der Waals surface area contributed by atoms with Crippen molar-refractivity contribution in [3.8, 4) is 11.5 Å². The summed E-state index contributed by atoms with van der Waals surface area (Å²) in [6, 6.07) is 5.39. The van der Waals surface area contributed by atoms with Crippen LogP contribution in [0.15, 0.2) is 18.2 Å². The zero-order chi connectivity index (χ0) is 15.8. The quantitative estimate of drug-likeness (QED) is 0.747. The summed E-state index contributed by atoms with van der Waals surface area (Å²) in [6.45, 7) is 8.46. The van der Waals surface area contributed by atoms with Crippen LogP contribution in [0.2, 0.25) is 0 Å². The fraction of sp³-hybridized carbons (Fsp3) is 0.562. The first-order valence-corrected chi connectivity index (χ1v) is 7.21. The van der Waals surface area contributed by atoms with Gasteiger partial charge in [0.1, 0.15) is 6.04 Å². The van der Waals surface area contributed by atoms with Gasteiger partial charge < -0.3 is 19.5 Å². The summed E-state index contributed by atoms with van der Waals surface area (Å²) in [4.78, 5) is 11.5. The van der Waals surface area contributed by atoms with E-state index in [2.05, 4.69) is 5.32 Å². The molecule has 118 valence electrons. The number of carbonyl (C=O) groups excluding carboxylic acids is 1. The Balaban J connectivity index is 2.66. The summed E-state index contributed by atoms with van der Waals surface area (Å²) in [6.07, 6.45) is 0.0895. The van der Waals surface area contributed by atoms with Crippen LogP contribution < -0.4 is 14.8 Å². The van der Waals surface area contributed by atoms with Gasteiger partial charge in [0.15, 0.2) is 11.5 Å². The van der Waals surface area contributed by atoms with Crippen molar-refractivity contribution in [1.82, 2.24) is 5.32 Å². The second-order valence-corrected chi connectivity index (χ2v) is 5.01. The van der Waals surface area contributed by atoms with Gasteiger partial charge in [0.2, 0.25) is 0 Å². The van der Waals surface area contributed by atoms with Gasteiger partial charge in [-0.25, -0.2) is 0 Å². The first kappa shape index (κ1) is 17.3. The molecule has 0 fully saturated rings. The number of rotatable bonds is 8. The average Bonchev–Trinajstić information content (AvgIpc) is 2.45. The molecular weight excluding hydrogens is 270 g/mol. The van der Waals surface area contributed by atoms with E-state index in [0.717, 1.165) is 11.3 Å². The lowest BCUT2D eigenvalue weighted by Crippen LogP contribution is -2.34. The molecule has 1 rings (SSSR count). The Kier molecular flexibility index (Phi) is 7.02. The summed E-state index contributed by atoms with van der Waals surface area (Å²) in [5, 5.41) is 3.12. The third kappa shape index (κ3) is 5.63. The van der Waals surface area contributed by atoms with Gasteiger partial charge in [-0.1, -0.05) is 6.07 Å². The molecule has 0 heterocycles. The molecule has 0 aliphatic heterocycles. The van der Waals surface area contributed by atoms with Crippen LogP contribution in [-0.2, 0) is 16.1 Å². The highest BCUT2D eigenvalue weighted by Gasteiger charge is 2.13. The Bertz CT molecular complexity index is 460. The van der Waals surface area contributed by atoms with E-state index in [1.807, 2.05) is 32.0 Å². The summed E-state index contributed by atoms with van der Waals surface area (Å²) in [7, 11) is 1.61. The molecule has 1 aromatic carbocycles. The number of carbonyl (C=O) groups is 1. The smallest absolute Gasteiger partial charge is 0.322 e. The standard InChI is InChI=1S/C16H25NO4/c1-6-20-16(18)12(4)17-10-13-7-8-14(21-11(2)3)15(9-13)19-5/h7-9,11-12,17H,6,10H2,1-5H3. The Morgan fingerprint density at radius 2 is 1.95 bits per heavy atom. The predicted molar refractivity (Wildman–Crippen MR) is 81.7 cm³/mol. The number of ether oxygens (including phenoxy) is 3. The lowest BCUT2D eigenvalue weighted by molar-refractivity contribution is -0.145. The molecule has 0 spiro atoms. The minimum absolute atomic E-state index is 0.0895. The second-order valence-electron chi connectivity index (χ2n) is 5.01. The SMILES string of the molecule is CCOC(=O)C(C)NCc1ccc(OC(C)C)c(OC)c1. The van der Waals surface area contributed by atoms with Crippen LogP contribution in [-0.4, -0.2) is 31.8 Å². The van der Waals surface area contributed by atoms with Crippen LogP contribution in [0.4, 0.5) is 0 Å². The van der Waals surface area contributed by atoms with E-state index in [9.17, 15) is 4.79 Å². The van der Waals surface area contributed by atoms with Gasteiger partial charge in [-0.15, -0.1) is 0 Å². The third-order valence-corrected chi connectivity index (χ3v) is 2.84. The van der Waals surface area contributed by atoms with Gasteiger partial charge in [0, 0.05) is 6.54 Å². The molecule has 5 nitrogen and oxygen atoms in total. The predicted octanol–water partition coefficient (Wildman–Crippen LogP) is 2.52. The van der Waals surface area contributed by atoms with Crippen molar-refractivity contribution in [2.45, 2.75) is 46.4 Å². The van der Waals surface area contributed by atoms with Gasteiger partial charge in [-0.2, -0.15) is 0 Å². The number of methoxy groups -OCH3 is 1. The molecule has 0 aliphatic carbocycles. The molecular formula is C16H25NO4. The molecule has 1 unspecified atom stereocenters. The number of hydrogen-bond donors (Lipinski definition) is 1. The monoisotopic (exact) mass is 295 g/mol. The fourth-order valence-electron chi connectivity index (χ4n) is 1.79. The van der Waals surface area contributed by atoms with Crippen LogP contribution in [0.25, 0.3) is 0 Å². The highest BCUT2D eigenvalue weighted by Crippen LogP contribution is 2.28. The molecule has 1 aromatic rings. The molecule has 0 amide bonds. The third-order valence-electron chi connectivity index (χ3n) is 2.84. The zero-order valence-electron chi connectivity index (χ0n) is 13.4. The summed E-state index contributed by atoms with van der Waals surface area (Å²) < 4.78 is 16.0. The van der Waals surface area contributed by atoms with Crippen LogP contribution in [0.3, 0.4) is 0 Å². The first-order valence-electron chi connectivity index (χ1n) is 7.21. The first-order chi connectivity index (χ1) is 9.97. The lowest BCUT2D eigenvalue weighted by Gasteiger charge is -2.16. The Morgan fingerprint density at radius 3 is 2.52 bits per heavy atom. The van der Waals surface area contributed by atoms with E-state index < -0.39 is 0 Å². The highest BCUT2D eigenvalue weighted by molar-refractivity contribution is 5.75. The van der Waals surface area contributed by atoms with E-state index >= 15 is 0 Å². The van der Waals surface area contributed by atoms with Gasteiger partial charge in [0.05, 0.1) is 19.8 Å². The Morgan fingerprint density at radius 1 is 1.24 bits per heavy atom. The molecule has 1 N–H and O–H groups in total. The topological polar surface area (TPSA) is 56.8 Å². The fourth-order valence-corrected chi connectivity index (χ4v) is 1.79. The van der Waals surface area contributed by atoms with E-state index in [1.165, 1.54) is 0 Å². The maximum Gasteiger partial charge on any atom is 0.322 e. The summed E-state index contributed by atoms with van der Waals surface area (Å²) >= 11 is 0. The number of hydrogen-bond acceptors (Lipinski definition) is 5. The van der Waals surface area contributed by atoms with Crippen molar-refractivity contribution in [2.75, 3.05) is 13.7 Å². The maximum atomic E-state index is 11.5. The molecule has 0 bridgehead atoms. The number of nitrogens with one attached hydrogen (secondary N) is 1. The molecule has 0 saturated heterocycles. The van der Waals surface area contributed by atoms with E-state index in [4.69, 9.17) is 14.2 Å². The van der Waals surface area contributed by atoms with E-state index in [0.29, 0.717) is 18.9 Å². The zero-order valence-corrected chi connectivity index (χ0v) is 13.4. The van der Waals surface area contributed by atoms with Gasteiger partial charge in [0.25, 0.3) is 0 Å². The van der Waals surface area contributed by atoms with Crippen LogP contribution in [0, 0.1) is 0 Å². The van der Waals surface area contributed by atoms with Crippen molar-refractivity contribution in [2.24, 2.45) is 0 Å². The molecule has 0 aliphatic rings. The van der Waals surface area contributed by atoms with E-state index in [1.54, 1.807) is 21.0 Å². The molecule has 0 radical (unpaired) electrons. The minimum Gasteiger partial charge on any atom is -0.493 e. The minimum atomic E-state index is -0.345. The van der Waals surface area contributed by atoms with Crippen molar-refractivity contribution < 1.29 is 19.0 Å². The number of benzene rings is 1. The maximum absolute atomic E-state index is 11.5. The molecule has 21 heavy (non-hydrogen) atoms. The van der Waals surface area contributed by atoms with Gasteiger partial charge in [-0.05, 0) is 45.4 Å². The lowest BCUT2D eigenvalue weighted by atomic mass is 10.2. The average molecular weight is 295 g/mol. The second kappa shape index (κ2) is 8.52. The van der Waals surface area contributed by atoms with Gasteiger partial charge in [-0.3, -0.25) is 4.79 Å². The van der Waals surface area contributed by atoms with Crippen molar-refractivity contribution in [3.05, 3.63) is 23.8 Å². The number of esters is 1. The van der Waals surface area contributed by atoms with Crippen molar-refractivity contribution >= 4 is 5.97 Å². The Labute approximate surface area is 126 Å². The normalized spacial score (nSPS) is 12.1. The molecule has 0 saturated carbocycles. The summed E-state index contributed by atoms with van der Waals surface area (Å²) in [5.41, 5.74) is 1.01. The Hall–Kier alpha value is -1.75. The highest BCUT2D eigenvalue weighted by atomic mass is 16.5. The van der Waals surface area contributed by atoms with E-state index in [-0.39, 0.29) is 18.1 Å². The largest absolute Gasteiger partial charge is 0.493 e. The van der Waals surface area contributed by atoms with Crippen LogP contribution in [0.1, 0.15) is 33.3 Å². The summed E-state index contributed by atoms with van der Waals surface area (Å²) in [5.74, 6) is 1.16. The van der Waals surface area contributed by atoms with Crippen molar-refractivity contribution in [3.63, 3.8) is 0 Å². The van der Waals surface area contributed by atoms with Crippen LogP contribution in [0.5, 0.6) is 11.5 Å². The molecule has 5 heteroatoms.